The maximum Gasteiger partial charge on any atom is 0.181 e. The molecule has 1 N–H and O–H groups in total. The highest BCUT2D eigenvalue weighted by Gasteiger charge is 2.31. The fourth-order valence-electron chi connectivity index (χ4n) is 3.06. The molecule has 4 aromatic heterocycles. The molecule has 5 nitrogen and oxygen atoms in total. The van der Waals surface area contributed by atoms with Crippen molar-refractivity contribution >= 4 is 32.6 Å². The minimum atomic E-state index is -0.332. The van der Waals surface area contributed by atoms with Crippen LogP contribution in [0.25, 0.3) is 32.5 Å². The normalized spacial score (nSPS) is 16.1. The Morgan fingerprint density at radius 3 is 2.96 bits per heavy atom. The van der Waals surface area contributed by atoms with Gasteiger partial charge in [-0.3, -0.25) is 4.68 Å². The molecule has 0 aliphatic heterocycles. The van der Waals surface area contributed by atoms with E-state index >= 15 is 0 Å². The molecular formula is C18H16N4OS. The van der Waals surface area contributed by atoms with Crippen molar-refractivity contribution in [3.63, 3.8) is 0 Å². The van der Waals surface area contributed by atoms with E-state index in [0.717, 1.165) is 50.2 Å². The number of aliphatic hydroxyl groups is 1. The Hall–Kier alpha value is -2.31. The summed E-state index contributed by atoms with van der Waals surface area (Å²) in [5.74, 6) is 0.440. The summed E-state index contributed by atoms with van der Waals surface area (Å²) in [6.07, 6.45) is 5.70. The van der Waals surface area contributed by atoms with Gasteiger partial charge in [0.2, 0.25) is 0 Å². The first-order valence-corrected chi connectivity index (χ1v) is 8.87. The first kappa shape index (κ1) is 14.1. The molecule has 1 atom stereocenters. The van der Waals surface area contributed by atoms with E-state index in [4.69, 9.17) is 4.98 Å². The van der Waals surface area contributed by atoms with Gasteiger partial charge < -0.3 is 5.11 Å². The van der Waals surface area contributed by atoms with Gasteiger partial charge in [0.25, 0.3) is 0 Å². The number of aryl methyl sites for hydroxylation is 1. The summed E-state index contributed by atoms with van der Waals surface area (Å²) >= 11 is 1.59. The molecule has 0 aromatic carbocycles. The van der Waals surface area contributed by atoms with E-state index in [0.29, 0.717) is 5.92 Å². The van der Waals surface area contributed by atoms with Crippen molar-refractivity contribution in [3.8, 4) is 11.3 Å². The molecule has 1 saturated carbocycles. The molecule has 4 heterocycles. The lowest BCUT2D eigenvalue weighted by Gasteiger charge is -2.03. The quantitative estimate of drug-likeness (QED) is 0.620. The van der Waals surface area contributed by atoms with Crippen LogP contribution in [-0.2, 0) is 7.05 Å². The zero-order valence-corrected chi connectivity index (χ0v) is 14.0. The van der Waals surface area contributed by atoms with Crippen molar-refractivity contribution in [2.45, 2.75) is 18.9 Å². The van der Waals surface area contributed by atoms with Crippen LogP contribution in [0.4, 0.5) is 0 Å². The molecule has 24 heavy (non-hydrogen) atoms. The first-order chi connectivity index (χ1) is 11.7. The zero-order valence-electron chi connectivity index (χ0n) is 13.2. The topological polar surface area (TPSA) is 63.8 Å². The van der Waals surface area contributed by atoms with E-state index in [1.54, 1.807) is 16.0 Å². The number of aromatic nitrogens is 4. The lowest BCUT2D eigenvalue weighted by Crippen LogP contribution is -1.95. The molecule has 0 radical (unpaired) electrons. The Labute approximate surface area is 142 Å². The zero-order chi connectivity index (χ0) is 16.3. The molecule has 0 amide bonds. The summed E-state index contributed by atoms with van der Waals surface area (Å²) in [5, 5.41) is 16.7. The Morgan fingerprint density at radius 2 is 2.12 bits per heavy atom. The molecule has 6 heteroatoms. The lowest BCUT2D eigenvalue weighted by atomic mass is 10.1. The number of hydrogen-bond donors (Lipinski definition) is 1. The minimum Gasteiger partial charge on any atom is -0.387 e. The van der Waals surface area contributed by atoms with E-state index in [1.165, 1.54) is 0 Å². The molecule has 1 aliphatic carbocycles. The van der Waals surface area contributed by atoms with Gasteiger partial charge >= 0.3 is 0 Å². The monoisotopic (exact) mass is 336 g/mol. The molecule has 0 bridgehead atoms. The van der Waals surface area contributed by atoms with Crippen molar-refractivity contribution in [2.75, 3.05) is 0 Å². The summed E-state index contributed by atoms with van der Waals surface area (Å²) in [4.78, 5) is 11.2. The standard InChI is InChI=1S/C18H16N4OS/c1-22-9-13-6-12(8-19-17(13)21-22)14-5-4-11-7-15(24-18(11)20-14)16(23)10-2-3-10/h4-10,16,23H,2-3H2,1H3/t16-/m0/s1. The van der Waals surface area contributed by atoms with Crippen molar-refractivity contribution in [3.05, 3.63) is 41.5 Å². The first-order valence-electron chi connectivity index (χ1n) is 8.06. The summed E-state index contributed by atoms with van der Waals surface area (Å²) in [6, 6.07) is 8.23. The Morgan fingerprint density at radius 1 is 1.25 bits per heavy atom. The Kier molecular flexibility index (Phi) is 2.98. The van der Waals surface area contributed by atoms with Crippen molar-refractivity contribution < 1.29 is 5.11 Å². The van der Waals surface area contributed by atoms with Gasteiger partial charge in [-0.05, 0) is 43.0 Å². The van der Waals surface area contributed by atoms with Gasteiger partial charge in [-0.2, -0.15) is 5.10 Å². The second-order valence-corrected chi connectivity index (χ2v) is 7.52. The average molecular weight is 336 g/mol. The second kappa shape index (κ2) is 5.09. The highest BCUT2D eigenvalue weighted by molar-refractivity contribution is 7.18. The summed E-state index contributed by atoms with van der Waals surface area (Å²) in [6.45, 7) is 0. The van der Waals surface area contributed by atoms with Gasteiger partial charge in [0.15, 0.2) is 5.65 Å². The third kappa shape index (κ3) is 2.30. The summed E-state index contributed by atoms with van der Waals surface area (Å²) < 4.78 is 1.77. The van der Waals surface area contributed by atoms with Crippen LogP contribution in [0, 0.1) is 5.92 Å². The smallest absolute Gasteiger partial charge is 0.181 e. The van der Waals surface area contributed by atoms with Crippen LogP contribution in [0.2, 0.25) is 0 Å². The molecule has 0 saturated heterocycles. The fourth-order valence-corrected chi connectivity index (χ4v) is 4.17. The van der Waals surface area contributed by atoms with Crippen LogP contribution in [0.3, 0.4) is 0 Å². The predicted octanol–water partition coefficient (Wildman–Crippen LogP) is 3.69. The highest BCUT2D eigenvalue weighted by atomic mass is 32.1. The molecule has 1 aliphatic rings. The van der Waals surface area contributed by atoms with Gasteiger partial charge in [0.1, 0.15) is 4.83 Å². The van der Waals surface area contributed by atoms with Gasteiger partial charge in [-0.25, -0.2) is 9.97 Å². The SMILES string of the molecule is Cn1cc2cc(-c3ccc4cc([C@@H](O)C5CC5)sc4n3)cnc2n1. The average Bonchev–Trinajstić information content (AvgIpc) is 3.23. The minimum absolute atomic E-state index is 0.332. The number of fused-ring (bicyclic) bond motifs is 2. The van der Waals surface area contributed by atoms with Gasteiger partial charge in [0, 0.05) is 40.7 Å². The molecule has 0 spiro atoms. The third-order valence-electron chi connectivity index (χ3n) is 4.53. The van der Waals surface area contributed by atoms with E-state index in [-0.39, 0.29) is 6.10 Å². The Balaban J connectivity index is 1.57. The maximum absolute atomic E-state index is 10.3. The lowest BCUT2D eigenvalue weighted by molar-refractivity contribution is 0.157. The molecule has 4 aromatic rings. The van der Waals surface area contributed by atoms with E-state index < -0.39 is 0 Å². The predicted molar refractivity (Wildman–Crippen MR) is 94.8 cm³/mol. The second-order valence-electron chi connectivity index (χ2n) is 6.46. The largest absolute Gasteiger partial charge is 0.387 e. The number of hydrogen-bond acceptors (Lipinski definition) is 5. The van der Waals surface area contributed by atoms with E-state index in [1.807, 2.05) is 25.5 Å². The number of nitrogens with zero attached hydrogens (tertiary/aromatic N) is 4. The summed E-state index contributed by atoms with van der Waals surface area (Å²) in [5.41, 5.74) is 2.62. The maximum atomic E-state index is 10.3. The summed E-state index contributed by atoms with van der Waals surface area (Å²) in [7, 11) is 1.89. The molecule has 0 unspecified atom stereocenters. The molecule has 120 valence electrons. The van der Waals surface area contributed by atoms with Crippen LogP contribution < -0.4 is 0 Å². The molecule has 1 fully saturated rings. The van der Waals surface area contributed by atoms with Crippen molar-refractivity contribution in [1.29, 1.82) is 0 Å². The van der Waals surface area contributed by atoms with E-state index in [2.05, 4.69) is 28.3 Å². The molecule has 5 rings (SSSR count). The number of pyridine rings is 2. The van der Waals surface area contributed by atoms with Gasteiger partial charge in [-0.1, -0.05) is 0 Å². The van der Waals surface area contributed by atoms with Crippen LogP contribution in [0.15, 0.2) is 36.7 Å². The highest BCUT2D eigenvalue weighted by Crippen LogP contribution is 2.44. The van der Waals surface area contributed by atoms with Crippen LogP contribution in [0.1, 0.15) is 23.8 Å². The van der Waals surface area contributed by atoms with Crippen LogP contribution in [0.5, 0.6) is 0 Å². The van der Waals surface area contributed by atoms with E-state index in [9.17, 15) is 5.11 Å². The third-order valence-corrected chi connectivity index (χ3v) is 5.65. The van der Waals surface area contributed by atoms with Crippen molar-refractivity contribution in [2.24, 2.45) is 13.0 Å². The number of thiophene rings is 1. The fraction of sp³-hybridized carbons (Fsp3) is 0.278. The van der Waals surface area contributed by atoms with Gasteiger partial charge in [0.05, 0.1) is 11.8 Å². The van der Waals surface area contributed by atoms with Gasteiger partial charge in [-0.15, -0.1) is 11.3 Å². The molecular weight excluding hydrogens is 320 g/mol. The Bertz CT molecular complexity index is 1060. The van der Waals surface area contributed by atoms with Crippen LogP contribution in [-0.4, -0.2) is 24.9 Å². The number of rotatable bonds is 3. The van der Waals surface area contributed by atoms with Crippen LogP contribution >= 0.6 is 11.3 Å². The number of aliphatic hydroxyl groups excluding tert-OH is 1. The van der Waals surface area contributed by atoms with Crippen molar-refractivity contribution in [1.82, 2.24) is 19.7 Å².